The molecule has 0 aromatic carbocycles. The Morgan fingerprint density at radius 3 is 2.57 bits per heavy atom. The Balaban J connectivity index is 3.29. The number of allylic oxidation sites excluding steroid dienone is 1. The van der Waals surface area contributed by atoms with Crippen LogP contribution in [0.5, 0.6) is 0 Å². The van der Waals surface area contributed by atoms with Crippen LogP contribution in [0, 0.1) is 0 Å². The minimum atomic E-state index is -0.378. The fraction of sp³-hybridized carbons (Fsp3) is 0.600. The van der Waals surface area contributed by atoms with Gasteiger partial charge in [0.15, 0.2) is 0 Å². The first-order chi connectivity index (χ1) is 3.31. The molecule has 0 heterocycles. The zero-order chi connectivity index (χ0) is 5.70. The molecule has 42 valence electrons. The van der Waals surface area contributed by atoms with Gasteiger partial charge in [0.25, 0.3) is 0 Å². The van der Waals surface area contributed by atoms with E-state index in [2.05, 4.69) is 0 Å². The van der Waals surface area contributed by atoms with Crippen LogP contribution in [0.15, 0.2) is 11.6 Å². The molecular weight excluding hydrogens is 93.1 g/mol. The van der Waals surface area contributed by atoms with Gasteiger partial charge in [-0.1, -0.05) is 6.08 Å². The summed E-state index contributed by atoms with van der Waals surface area (Å²) in [5.74, 6) is 0. The number of hydrogen-bond donors (Lipinski definition) is 1. The van der Waals surface area contributed by atoms with Crippen molar-refractivity contribution in [3.05, 3.63) is 11.6 Å². The van der Waals surface area contributed by atoms with Crippen molar-refractivity contribution in [1.82, 2.24) is 0 Å². The van der Waals surface area contributed by atoms with Gasteiger partial charge in [-0.25, -0.2) is 4.39 Å². The van der Waals surface area contributed by atoms with Crippen LogP contribution >= 0.6 is 0 Å². The first-order valence-electron chi connectivity index (χ1n) is 2.23. The first kappa shape index (κ1) is 6.63. The van der Waals surface area contributed by atoms with Gasteiger partial charge in [0.05, 0.1) is 0 Å². The molecule has 0 spiro atoms. The summed E-state index contributed by atoms with van der Waals surface area (Å²) in [6.07, 6.45) is 1.67. The Morgan fingerprint density at radius 2 is 2.43 bits per heavy atom. The number of halogens is 1. The summed E-state index contributed by atoms with van der Waals surface area (Å²) in [6.45, 7) is 1.78. The molecule has 1 nitrogen and oxygen atoms in total. The van der Waals surface area contributed by atoms with E-state index in [1.54, 1.807) is 13.0 Å². The van der Waals surface area contributed by atoms with Crippen molar-refractivity contribution in [2.24, 2.45) is 5.73 Å². The van der Waals surface area contributed by atoms with Gasteiger partial charge in [-0.2, -0.15) is 0 Å². The molecule has 0 saturated heterocycles. The zero-order valence-corrected chi connectivity index (χ0v) is 4.45. The number of alkyl halides is 1. The Bertz CT molecular complexity index is 68.5. The fourth-order valence-corrected chi connectivity index (χ4v) is 0.256. The van der Waals surface area contributed by atoms with Gasteiger partial charge in [0.1, 0.15) is 6.67 Å². The molecular formula is C5H10FN. The molecule has 0 aliphatic rings. The van der Waals surface area contributed by atoms with E-state index in [4.69, 9.17) is 5.73 Å². The SMILES string of the molecule is CC(=CCN)CF. The second kappa shape index (κ2) is 3.81. The van der Waals surface area contributed by atoms with Crippen molar-refractivity contribution >= 4 is 0 Å². The second-order valence-electron chi connectivity index (χ2n) is 1.42. The molecule has 0 aromatic rings. The summed E-state index contributed by atoms with van der Waals surface area (Å²) >= 11 is 0. The Labute approximate surface area is 43.0 Å². The lowest BCUT2D eigenvalue weighted by molar-refractivity contribution is 0.542. The van der Waals surface area contributed by atoms with Crippen molar-refractivity contribution in [2.75, 3.05) is 13.2 Å². The molecule has 0 rings (SSSR count). The molecule has 0 atom stereocenters. The number of hydrogen-bond acceptors (Lipinski definition) is 1. The Kier molecular flexibility index (Phi) is 3.61. The quantitative estimate of drug-likeness (QED) is 0.515. The van der Waals surface area contributed by atoms with Crippen LogP contribution in [0.4, 0.5) is 4.39 Å². The highest BCUT2D eigenvalue weighted by atomic mass is 19.1. The maximum Gasteiger partial charge on any atom is 0.110 e. The largest absolute Gasteiger partial charge is 0.327 e. The summed E-state index contributed by atoms with van der Waals surface area (Å²) in [7, 11) is 0. The lowest BCUT2D eigenvalue weighted by atomic mass is 10.3. The highest BCUT2D eigenvalue weighted by Crippen LogP contribution is 1.88. The third-order valence-corrected chi connectivity index (χ3v) is 0.677. The standard InChI is InChI=1S/C5H10FN/c1-5(4-6)2-3-7/h2H,3-4,7H2,1H3. The molecule has 0 aliphatic carbocycles. The fourth-order valence-electron chi connectivity index (χ4n) is 0.256. The normalized spacial score (nSPS) is 12.1. The highest BCUT2D eigenvalue weighted by Gasteiger charge is 1.80. The maximum absolute atomic E-state index is 11.4. The van der Waals surface area contributed by atoms with E-state index in [1.807, 2.05) is 0 Å². The summed E-state index contributed by atoms with van der Waals surface area (Å²) in [6, 6.07) is 0. The molecule has 0 bridgehead atoms. The van der Waals surface area contributed by atoms with Crippen molar-refractivity contribution in [2.45, 2.75) is 6.92 Å². The molecule has 2 N–H and O–H groups in total. The van der Waals surface area contributed by atoms with Gasteiger partial charge < -0.3 is 5.73 Å². The molecule has 0 amide bonds. The van der Waals surface area contributed by atoms with E-state index in [1.165, 1.54) is 0 Å². The molecule has 0 unspecified atom stereocenters. The van der Waals surface area contributed by atoms with Gasteiger partial charge in [0.2, 0.25) is 0 Å². The first-order valence-corrected chi connectivity index (χ1v) is 2.23. The minimum absolute atomic E-state index is 0.378. The Hall–Kier alpha value is -0.370. The predicted octanol–water partition coefficient (Wildman–Crippen LogP) is 0.861. The molecule has 0 saturated carbocycles. The van der Waals surface area contributed by atoms with Crippen molar-refractivity contribution < 1.29 is 4.39 Å². The second-order valence-corrected chi connectivity index (χ2v) is 1.42. The van der Waals surface area contributed by atoms with Crippen molar-refractivity contribution in [1.29, 1.82) is 0 Å². The average Bonchev–Trinajstić information content (AvgIpc) is 1.68. The van der Waals surface area contributed by atoms with Crippen molar-refractivity contribution in [3.8, 4) is 0 Å². The monoisotopic (exact) mass is 103 g/mol. The van der Waals surface area contributed by atoms with Crippen LogP contribution < -0.4 is 5.73 Å². The van der Waals surface area contributed by atoms with Crippen LogP contribution in [0.3, 0.4) is 0 Å². The summed E-state index contributed by atoms with van der Waals surface area (Å²) < 4.78 is 11.4. The van der Waals surface area contributed by atoms with Crippen LogP contribution in [-0.2, 0) is 0 Å². The number of nitrogens with two attached hydrogens (primary N) is 1. The van der Waals surface area contributed by atoms with Gasteiger partial charge in [-0.15, -0.1) is 0 Å². The summed E-state index contributed by atoms with van der Waals surface area (Å²) in [5.41, 5.74) is 5.77. The van der Waals surface area contributed by atoms with Crippen LogP contribution in [0.2, 0.25) is 0 Å². The van der Waals surface area contributed by atoms with Crippen LogP contribution in [-0.4, -0.2) is 13.2 Å². The van der Waals surface area contributed by atoms with Crippen molar-refractivity contribution in [3.63, 3.8) is 0 Å². The van der Waals surface area contributed by atoms with Gasteiger partial charge in [0, 0.05) is 6.54 Å². The molecule has 0 fully saturated rings. The van der Waals surface area contributed by atoms with Crippen LogP contribution in [0.1, 0.15) is 6.92 Å². The topological polar surface area (TPSA) is 26.0 Å². The van der Waals surface area contributed by atoms with E-state index < -0.39 is 0 Å². The molecule has 0 aliphatic heterocycles. The van der Waals surface area contributed by atoms with Gasteiger partial charge in [-0.05, 0) is 12.5 Å². The zero-order valence-electron chi connectivity index (χ0n) is 4.45. The summed E-state index contributed by atoms with van der Waals surface area (Å²) in [5, 5.41) is 0. The van der Waals surface area contributed by atoms with Gasteiger partial charge in [-0.3, -0.25) is 0 Å². The third-order valence-electron chi connectivity index (χ3n) is 0.677. The Morgan fingerprint density at radius 1 is 1.86 bits per heavy atom. The summed E-state index contributed by atoms with van der Waals surface area (Å²) in [4.78, 5) is 0. The lowest BCUT2D eigenvalue weighted by Crippen LogP contribution is -1.94. The minimum Gasteiger partial charge on any atom is -0.327 e. The maximum atomic E-state index is 11.4. The molecule has 0 radical (unpaired) electrons. The van der Waals surface area contributed by atoms with E-state index in [9.17, 15) is 4.39 Å². The highest BCUT2D eigenvalue weighted by molar-refractivity contribution is 4.97. The molecule has 7 heavy (non-hydrogen) atoms. The van der Waals surface area contributed by atoms with E-state index in [0.29, 0.717) is 12.1 Å². The molecule has 0 aromatic heterocycles. The van der Waals surface area contributed by atoms with E-state index in [-0.39, 0.29) is 6.67 Å². The van der Waals surface area contributed by atoms with Gasteiger partial charge >= 0.3 is 0 Å². The van der Waals surface area contributed by atoms with E-state index >= 15 is 0 Å². The third kappa shape index (κ3) is 3.46. The predicted molar refractivity (Wildman–Crippen MR) is 28.8 cm³/mol. The van der Waals surface area contributed by atoms with Crippen LogP contribution in [0.25, 0.3) is 0 Å². The number of rotatable bonds is 2. The average molecular weight is 103 g/mol. The lowest BCUT2D eigenvalue weighted by Gasteiger charge is -1.86. The smallest absolute Gasteiger partial charge is 0.110 e. The van der Waals surface area contributed by atoms with E-state index in [0.717, 1.165) is 0 Å². The molecule has 2 heteroatoms.